The molecule has 1 aliphatic rings. The monoisotopic (exact) mass is 464 g/mol. The van der Waals surface area contributed by atoms with Crippen LogP contribution in [0.25, 0.3) is 0 Å². The van der Waals surface area contributed by atoms with Crippen molar-refractivity contribution in [2.45, 2.75) is 36.9 Å². The predicted molar refractivity (Wildman–Crippen MR) is 112 cm³/mol. The van der Waals surface area contributed by atoms with Gasteiger partial charge in [0.25, 0.3) is 10.0 Å². The molecule has 0 aliphatic carbocycles. The van der Waals surface area contributed by atoms with Gasteiger partial charge in [0.2, 0.25) is 0 Å². The molecular weight excluding hydrogens is 441 g/mol. The number of alkyl halides is 3. The van der Waals surface area contributed by atoms with Gasteiger partial charge in [-0.05, 0) is 73.8 Å². The Balaban J connectivity index is 0.00000320. The molecule has 166 valence electrons. The summed E-state index contributed by atoms with van der Waals surface area (Å²) in [4.78, 5) is 2.25. The molecule has 0 amide bonds. The van der Waals surface area contributed by atoms with Crippen molar-refractivity contribution in [3.05, 3.63) is 54.1 Å². The van der Waals surface area contributed by atoms with Gasteiger partial charge < -0.3 is 9.64 Å². The van der Waals surface area contributed by atoms with Crippen molar-refractivity contribution in [2.24, 2.45) is 0 Å². The van der Waals surface area contributed by atoms with Crippen LogP contribution in [-0.2, 0) is 10.0 Å². The van der Waals surface area contributed by atoms with Crippen LogP contribution in [-0.4, -0.2) is 39.3 Å². The van der Waals surface area contributed by atoms with Gasteiger partial charge in [0, 0.05) is 12.2 Å². The zero-order valence-corrected chi connectivity index (χ0v) is 18.0. The van der Waals surface area contributed by atoms with Crippen molar-refractivity contribution in [3.63, 3.8) is 0 Å². The van der Waals surface area contributed by atoms with Gasteiger partial charge in [-0.15, -0.1) is 25.6 Å². The summed E-state index contributed by atoms with van der Waals surface area (Å²) in [6.07, 6.45) is -2.71. The first kappa shape index (κ1) is 24.3. The van der Waals surface area contributed by atoms with E-state index in [2.05, 4.69) is 21.3 Å². The minimum Gasteiger partial charge on any atom is -0.406 e. The Kier molecular flexibility index (Phi) is 8.01. The Labute approximate surface area is 180 Å². The number of anilines is 1. The zero-order valence-electron chi connectivity index (χ0n) is 16.4. The molecule has 5 nitrogen and oxygen atoms in total. The lowest BCUT2D eigenvalue weighted by molar-refractivity contribution is -0.274. The summed E-state index contributed by atoms with van der Waals surface area (Å²) in [6.45, 7) is 5.17. The number of hydrogen-bond donors (Lipinski definition) is 1. The fraction of sp³-hybridized carbons (Fsp3) is 0.400. The highest BCUT2D eigenvalue weighted by Gasteiger charge is 2.31. The smallest absolute Gasteiger partial charge is 0.406 e. The minimum absolute atomic E-state index is 0. The molecule has 1 saturated heterocycles. The van der Waals surface area contributed by atoms with Crippen LogP contribution in [0.4, 0.5) is 18.9 Å². The maximum absolute atomic E-state index is 12.6. The maximum Gasteiger partial charge on any atom is 0.573 e. The number of ether oxygens (including phenoxy) is 1. The standard InChI is InChI=1S/C20H23F3N2O3S.ClH/c1-2-11-25-12-10-16(14-25)15-4-3-5-17(13-15)24-29(26,27)19-8-6-18(7-9-19)28-20(21,22)23;/h3-9,13,16,24H,2,10-12,14H2,1H3;1H. The first-order valence-corrected chi connectivity index (χ1v) is 10.9. The predicted octanol–water partition coefficient (Wildman–Crippen LogP) is 5.01. The molecule has 1 atom stereocenters. The number of sulfonamides is 1. The van der Waals surface area contributed by atoms with Crippen molar-refractivity contribution in [2.75, 3.05) is 24.4 Å². The van der Waals surface area contributed by atoms with Gasteiger partial charge in [-0.2, -0.15) is 0 Å². The van der Waals surface area contributed by atoms with E-state index in [0.717, 1.165) is 62.3 Å². The molecule has 0 bridgehead atoms. The molecular formula is C20H24ClF3N2O3S. The molecule has 1 aliphatic heterocycles. The van der Waals surface area contributed by atoms with Crippen LogP contribution in [0.15, 0.2) is 53.4 Å². The topological polar surface area (TPSA) is 58.6 Å². The third-order valence-corrected chi connectivity index (χ3v) is 6.19. The molecule has 0 radical (unpaired) electrons. The normalized spacial score (nSPS) is 17.4. The quantitative estimate of drug-likeness (QED) is 0.626. The van der Waals surface area contributed by atoms with E-state index in [9.17, 15) is 21.6 Å². The Morgan fingerprint density at radius 1 is 1.17 bits per heavy atom. The SMILES string of the molecule is CCCN1CCC(c2cccc(NS(=O)(=O)c3ccc(OC(F)(F)F)cc3)c2)C1.Cl. The van der Waals surface area contributed by atoms with Gasteiger partial charge in [-0.1, -0.05) is 19.1 Å². The fourth-order valence-corrected chi connectivity index (χ4v) is 4.56. The van der Waals surface area contributed by atoms with Crippen LogP contribution in [0.5, 0.6) is 5.75 Å². The Hall–Kier alpha value is -1.97. The van der Waals surface area contributed by atoms with E-state index in [1.165, 1.54) is 0 Å². The minimum atomic E-state index is -4.83. The number of hydrogen-bond acceptors (Lipinski definition) is 4. The van der Waals surface area contributed by atoms with E-state index in [1.54, 1.807) is 12.1 Å². The van der Waals surface area contributed by atoms with Gasteiger partial charge in [0.05, 0.1) is 4.90 Å². The first-order chi connectivity index (χ1) is 13.7. The lowest BCUT2D eigenvalue weighted by Gasteiger charge is -2.16. The largest absolute Gasteiger partial charge is 0.573 e. The van der Waals surface area contributed by atoms with Crippen LogP contribution in [0.2, 0.25) is 0 Å². The van der Waals surface area contributed by atoms with Gasteiger partial charge >= 0.3 is 6.36 Å². The fourth-order valence-electron chi connectivity index (χ4n) is 3.51. The van der Waals surface area contributed by atoms with Crippen LogP contribution in [0.3, 0.4) is 0 Å². The Morgan fingerprint density at radius 3 is 2.50 bits per heavy atom. The Morgan fingerprint density at radius 2 is 1.87 bits per heavy atom. The summed E-state index contributed by atoms with van der Waals surface area (Å²) in [5.41, 5.74) is 1.49. The highest BCUT2D eigenvalue weighted by Crippen LogP contribution is 2.30. The number of nitrogens with zero attached hydrogens (tertiary/aromatic N) is 1. The van der Waals surface area contributed by atoms with E-state index in [0.29, 0.717) is 11.6 Å². The molecule has 1 N–H and O–H groups in total. The third-order valence-electron chi connectivity index (χ3n) is 4.79. The summed E-state index contributed by atoms with van der Waals surface area (Å²) >= 11 is 0. The van der Waals surface area contributed by atoms with Crippen molar-refractivity contribution in [1.29, 1.82) is 0 Å². The highest BCUT2D eigenvalue weighted by atomic mass is 35.5. The molecule has 1 fully saturated rings. The second-order valence-electron chi connectivity index (χ2n) is 7.04. The van der Waals surface area contributed by atoms with Crippen molar-refractivity contribution < 1.29 is 26.3 Å². The van der Waals surface area contributed by atoms with Crippen molar-refractivity contribution in [3.8, 4) is 5.75 Å². The molecule has 2 aromatic carbocycles. The molecule has 0 aromatic heterocycles. The van der Waals surface area contributed by atoms with Crippen molar-refractivity contribution in [1.82, 2.24) is 4.90 Å². The van der Waals surface area contributed by atoms with E-state index in [4.69, 9.17) is 0 Å². The number of rotatable bonds is 7. The average molecular weight is 465 g/mol. The summed E-state index contributed by atoms with van der Waals surface area (Å²) < 4.78 is 68.2. The highest BCUT2D eigenvalue weighted by molar-refractivity contribution is 7.92. The van der Waals surface area contributed by atoms with Crippen LogP contribution in [0.1, 0.15) is 31.2 Å². The number of nitrogens with one attached hydrogen (secondary N) is 1. The maximum atomic E-state index is 12.6. The third kappa shape index (κ3) is 6.52. The molecule has 1 heterocycles. The molecule has 1 unspecified atom stereocenters. The summed E-state index contributed by atoms with van der Waals surface area (Å²) in [7, 11) is -3.93. The van der Waals surface area contributed by atoms with Crippen molar-refractivity contribution >= 4 is 28.1 Å². The second kappa shape index (κ2) is 9.89. The Bertz CT molecular complexity index is 937. The summed E-state index contributed by atoms with van der Waals surface area (Å²) in [6, 6.07) is 11.4. The number of halogens is 4. The molecule has 30 heavy (non-hydrogen) atoms. The van der Waals surface area contributed by atoms with Crippen LogP contribution >= 0.6 is 12.4 Å². The van der Waals surface area contributed by atoms with E-state index in [-0.39, 0.29) is 17.3 Å². The first-order valence-electron chi connectivity index (χ1n) is 9.37. The molecule has 0 spiro atoms. The zero-order chi connectivity index (χ0) is 21.1. The summed E-state index contributed by atoms with van der Waals surface area (Å²) in [5.74, 6) is -0.124. The van der Waals surface area contributed by atoms with E-state index < -0.39 is 22.1 Å². The molecule has 2 aromatic rings. The van der Waals surface area contributed by atoms with Gasteiger partial charge in [-0.25, -0.2) is 8.42 Å². The van der Waals surface area contributed by atoms with E-state index in [1.807, 2.05) is 12.1 Å². The van der Waals surface area contributed by atoms with Gasteiger partial charge in [0.1, 0.15) is 5.75 Å². The van der Waals surface area contributed by atoms with Crippen LogP contribution in [0, 0.1) is 0 Å². The summed E-state index contributed by atoms with van der Waals surface area (Å²) in [5, 5.41) is 0. The van der Waals surface area contributed by atoms with E-state index >= 15 is 0 Å². The molecule has 0 saturated carbocycles. The molecule has 10 heteroatoms. The van der Waals surface area contributed by atoms with Gasteiger partial charge in [-0.3, -0.25) is 4.72 Å². The average Bonchev–Trinajstić information content (AvgIpc) is 3.10. The second-order valence-corrected chi connectivity index (χ2v) is 8.72. The lowest BCUT2D eigenvalue weighted by atomic mass is 9.98. The van der Waals surface area contributed by atoms with Crippen LogP contribution < -0.4 is 9.46 Å². The number of benzene rings is 2. The molecule has 3 rings (SSSR count). The number of likely N-dealkylation sites (tertiary alicyclic amines) is 1. The van der Waals surface area contributed by atoms with Gasteiger partial charge in [0.15, 0.2) is 0 Å². The lowest BCUT2D eigenvalue weighted by Crippen LogP contribution is -2.21.